The third kappa shape index (κ3) is 3.79. The van der Waals surface area contributed by atoms with Gasteiger partial charge in [0, 0.05) is 19.2 Å². The van der Waals surface area contributed by atoms with Crippen LogP contribution in [0.15, 0.2) is 0 Å². The van der Waals surface area contributed by atoms with E-state index in [4.69, 9.17) is 4.74 Å². The van der Waals surface area contributed by atoms with Gasteiger partial charge in [0.05, 0.1) is 12.0 Å². The van der Waals surface area contributed by atoms with Crippen LogP contribution in [0.25, 0.3) is 0 Å². The van der Waals surface area contributed by atoms with Crippen LogP contribution in [-0.2, 0) is 9.53 Å². The molecule has 1 saturated carbocycles. The van der Waals surface area contributed by atoms with Gasteiger partial charge in [0.1, 0.15) is 6.29 Å². The average Bonchev–Trinajstić information content (AvgIpc) is 2.48. The van der Waals surface area contributed by atoms with Crippen molar-refractivity contribution < 1.29 is 9.53 Å². The van der Waals surface area contributed by atoms with Crippen molar-refractivity contribution in [3.05, 3.63) is 0 Å². The second-order valence-corrected chi connectivity index (χ2v) is 6.63. The summed E-state index contributed by atoms with van der Waals surface area (Å²) in [6, 6.07) is 0.668. The summed E-state index contributed by atoms with van der Waals surface area (Å²) in [5.41, 5.74) is -0.241. The van der Waals surface area contributed by atoms with Gasteiger partial charge in [0.2, 0.25) is 0 Å². The van der Waals surface area contributed by atoms with E-state index < -0.39 is 0 Å². The monoisotopic (exact) mass is 267 g/mol. The summed E-state index contributed by atoms with van der Waals surface area (Å²) in [5, 5.41) is 0. The smallest absolute Gasteiger partial charge is 0.129 e. The first-order chi connectivity index (χ1) is 9.19. The Morgan fingerprint density at radius 3 is 2.58 bits per heavy atom. The Balaban J connectivity index is 1.85. The zero-order valence-corrected chi connectivity index (χ0v) is 12.6. The van der Waals surface area contributed by atoms with Gasteiger partial charge < -0.3 is 14.4 Å². The Kier molecular flexibility index (Phi) is 5.40. The summed E-state index contributed by atoms with van der Waals surface area (Å²) in [7, 11) is 2.19. The Morgan fingerprint density at radius 2 is 2.05 bits per heavy atom. The van der Waals surface area contributed by atoms with Crippen LogP contribution in [0.3, 0.4) is 0 Å². The average molecular weight is 267 g/mol. The highest BCUT2D eigenvalue weighted by molar-refractivity contribution is 5.60. The van der Waals surface area contributed by atoms with E-state index in [0.717, 1.165) is 38.2 Å². The van der Waals surface area contributed by atoms with Crippen molar-refractivity contribution in [1.29, 1.82) is 0 Å². The highest BCUT2D eigenvalue weighted by Crippen LogP contribution is 2.32. The third-order valence-electron chi connectivity index (χ3n) is 5.18. The third-order valence-corrected chi connectivity index (χ3v) is 5.18. The molecule has 1 heterocycles. The van der Waals surface area contributed by atoms with Crippen molar-refractivity contribution in [2.75, 3.05) is 26.8 Å². The van der Waals surface area contributed by atoms with Gasteiger partial charge in [0.25, 0.3) is 0 Å². The van der Waals surface area contributed by atoms with Gasteiger partial charge in [0.15, 0.2) is 0 Å². The fourth-order valence-corrected chi connectivity index (χ4v) is 3.75. The van der Waals surface area contributed by atoms with Crippen molar-refractivity contribution in [3.8, 4) is 0 Å². The summed E-state index contributed by atoms with van der Waals surface area (Å²) in [5.74, 6) is 0.933. The van der Waals surface area contributed by atoms with E-state index in [0.29, 0.717) is 12.6 Å². The van der Waals surface area contributed by atoms with Crippen molar-refractivity contribution in [2.45, 2.75) is 57.9 Å². The maximum Gasteiger partial charge on any atom is 0.129 e. The number of rotatable bonds is 5. The first-order valence-corrected chi connectivity index (χ1v) is 7.93. The molecule has 3 heteroatoms. The van der Waals surface area contributed by atoms with Crippen LogP contribution in [0.1, 0.15) is 51.9 Å². The minimum Gasteiger partial charge on any atom is -0.380 e. The van der Waals surface area contributed by atoms with Crippen LogP contribution in [0.4, 0.5) is 0 Å². The van der Waals surface area contributed by atoms with Gasteiger partial charge in [-0.15, -0.1) is 0 Å². The highest BCUT2D eigenvalue weighted by Gasteiger charge is 2.36. The van der Waals surface area contributed by atoms with Gasteiger partial charge in [-0.3, -0.25) is 0 Å². The highest BCUT2D eigenvalue weighted by atomic mass is 16.5. The molecule has 1 atom stereocenters. The Morgan fingerprint density at radius 1 is 1.32 bits per heavy atom. The van der Waals surface area contributed by atoms with E-state index in [2.05, 4.69) is 18.9 Å². The predicted molar refractivity (Wildman–Crippen MR) is 77.2 cm³/mol. The molecule has 0 aromatic heterocycles. The second-order valence-electron chi connectivity index (χ2n) is 6.63. The maximum absolute atomic E-state index is 11.5. The first kappa shape index (κ1) is 15.0. The number of carbonyl (C=O) groups excluding carboxylic acids is 1. The predicted octanol–water partition coefficient (Wildman–Crippen LogP) is 2.88. The SMILES string of the molecule is CCC1CCC(N(C)CC2(C=O)CCCOC2)CC1. The maximum atomic E-state index is 11.5. The number of nitrogens with zero attached hydrogens (tertiary/aromatic N) is 1. The summed E-state index contributed by atoms with van der Waals surface area (Å²) < 4.78 is 5.54. The standard InChI is InChI=1S/C16H29NO2/c1-3-14-5-7-15(8-6-14)17(2)11-16(12-18)9-4-10-19-13-16/h12,14-15H,3-11,13H2,1-2H3. The molecular weight excluding hydrogens is 238 g/mol. The zero-order chi connectivity index (χ0) is 13.7. The molecule has 0 radical (unpaired) electrons. The number of hydrogen-bond donors (Lipinski definition) is 0. The van der Waals surface area contributed by atoms with Gasteiger partial charge in [-0.1, -0.05) is 13.3 Å². The number of hydrogen-bond acceptors (Lipinski definition) is 3. The van der Waals surface area contributed by atoms with Crippen LogP contribution in [0.5, 0.6) is 0 Å². The van der Waals surface area contributed by atoms with E-state index in [9.17, 15) is 4.79 Å². The molecule has 0 bridgehead atoms. The van der Waals surface area contributed by atoms with Crippen LogP contribution in [-0.4, -0.2) is 44.0 Å². The largest absolute Gasteiger partial charge is 0.380 e. The molecule has 2 fully saturated rings. The molecule has 3 nitrogen and oxygen atoms in total. The molecule has 1 saturated heterocycles. The van der Waals surface area contributed by atoms with Crippen LogP contribution >= 0.6 is 0 Å². The van der Waals surface area contributed by atoms with Crippen molar-refractivity contribution in [3.63, 3.8) is 0 Å². The lowest BCUT2D eigenvalue weighted by molar-refractivity contribution is -0.126. The molecule has 1 aliphatic heterocycles. The quantitative estimate of drug-likeness (QED) is 0.717. The van der Waals surface area contributed by atoms with E-state index in [-0.39, 0.29) is 5.41 Å². The Bertz CT molecular complexity index is 278. The molecule has 19 heavy (non-hydrogen) atoms. The lowest BCUT2D eigenvalue weighted by atomic mass is 9.81. The van der Waals surface area contributed by atoms with Crippen molar-refractivity contribution >= 4 is 6.29 Å². The fraction of sp³-hybridized carbons (Fsp3) is 0.938. The molecule has 0 amide bonds. The lowest BCUT2D eigenvalue weighted by Crippen LogP contribution is -2.47. The van der Waals surface area contributed by atoms with E-state index in [1.54, 1.807) is 0 Å². The lowest BCUT2D eigenvalue weighted by Gasteiger charge is -2.40. The molecular formula is C16H29NO2. The van der Waals surface area contributed by atoms with E-state index in [1.807, 2.05) is 0 Å². The van der Waals surface area contributed by atoms with Crippen LogP contribution < -0.4 is 0 Å². The molecule has 110 valence electrons. The second kappa shape index (κ2) is 6.85. The molecule has 2 rings (SSSR count). The molecule has 0 N–H and O–H groups in total. The van der Waals surface area contributed by atoms with Crippen molar-refractivity contribution in [1.82, 2.24) is 4.90 Å². The summed E-state index contributed by atoms with van der Waals surface area (Å²) in [6.07, 6.45) is 9.80. The molecule has 2 aliphatic rings. The summed E-state index contributed by atoms with van der Waals surface area (Å²) in [6.45, 7) is 4.61. The molecule has 0 spiro atoms. The van der Waals surface area contributed by atoms with Crippen LogP contribution in [0, 0.1) is 11.3 Å². The van der Waals surface area contributed by atoms with Gasteiger partial charge in [-0.2, -0.15) is 0 Å². The number of ether oxygens (including phenoxy) is 1. The van der Waals surface area contributed by atoms with E-state index in [1.165, 1.54) is 32.1 Å². The normalized spacial score (nSPS) is 36.4. The van der Waals surface area contributed by atoms with Crippen LogP contribution in [0.2, 0.25) is 0 Å². The molecule has 0 aromatic carbocycles. The number of aldehydes is 1. The summed E-state index contributed by atoms with van der Waals surface area (Å²) in [4.78, 5) is 13.9. The van der Waals surface area contributed by atoms with Crippen molar-refractivity contribution in [2.24, 2.45) is 11.3 Å². The Hall–Kier alpha value is -0.410. The first-order valence-electron chi connectivity index (χ1n) is 7.93. The van der Waals surface area contributed by atoms with Gasteiger partial charge >= 0.3 is 0 Å². The topological polar surface area (TPSA) is 29.5 Å². The fourth-order valence-electron chi connectivity index (χ4n) is 3.75. The molecule has 1 aliphatic carbocycles. The van der Waals surface area contributed by atoms with Gasteiger partial charge in [-0.05, 0) is 51.5 Å². The van der Waals surface area contributed by atoms with E-state index >= 15 is 0 Å². The summed E-state index contributed by atoms with van der Waals surface area (Å²) >= 11 is 0. The number of carbonyl (C=O) groups is 1. The minimum atomic E-state index is -0.241. The molecule has 0 aromatic rings. The minimum absolute atomic E-state index is 0.241. The zero-order valence-electron chi connectivity index (χ0n) is 12.6. The Labute approximate surface area is 117 Å². The molecule has 1 unspecified atom stereocenters. The van der Waals surface area contributed by atoms with Gasteiger partial charge in [-0.25, -0.2) is 0 Å².